The molecule has 1 fully saturated rings. The monoisotopic (exact) mass is 374 g/mol. The van der Waals surface area contributed by atoms with Crippen molar-refractivity contribution in [3.8, 4) is 5.88 Å². The molecule has 1 aromatic carbocycles. The quantitative estimate of drug-likeness (QED) is 0.773. The van der Waals surface area contributed by atoms with Crippen LogP contribution in [0.3, 0.4) is 0 Å². The van der Waals surface area contributed by atoms with Crippen LogP contribution in [0.15, 0.2) is 48.7 Å². The lowest BCUT2D eigenvalue weighted by Gasteiger charge is -2.35. The number of rotatable bonds is 6. The highest BCUT2D eigenvalue weighted by atomic mass is 32.2. The maximum Gasteiger partial charge on any atom is 0.250 e. The van der Waals surface area contributed by atoms with Crippen LogP contribution in [-0.2, 0) is 4.79 Å². The van der Waals surface area contributed by atoms with Crippen LogP contribution < -0.4 is 4.74 Å². The Morgan fingerprint density at radius 3 is 2.88 bits per heavy atom. The van der Waals surface area contributed by atoms with Crippen LogP contribution in [0.4, 0.5) is 4.39 Å². The fraction of sp³-hybridized carbons (Fsp3) is 0.400. The van der Waals surface area contributed by atoms with Gasteiger partial charge >= 0.3 is 0 Å². The number of hydrogen-bond donors (Lipinski definition) is 0. The molecule has 3 rings (SSSR count). The smallest absolute Gasteiger partial charge is 0.250 e. The number of benzene rings is 1. The summed E-state index contributed by atoms with van der Waals surface area (Å²) in [5, 5.41) is 0. The molecule has 1 aliphatic rings. The van der Waals surface area contributed by atoms with Crippen molar-refractivity contribution in [2.24, 2.45) is 0 Å². The maximum atomic E-state index is 13.8. The third-order valence-electron chi connectivity index (χ3n) is 4.53. The number of halogens is 1. The predicted octanol–water partition coefficient (Wildman–Crippen LogP) is 3.74. The highest BCUT2D eigenvalue weighted by molar-refractivity contribution is 7.98. The molecule has 0 unspecified atom stereocenters. The number of carbonyl (C=O) groups is 1. The molecule has 2 aromatic rings. The van der Waals surface area contributed by atoms with Gasteiger partial charge in [0, 0.05) is 18.5 Å². The zero-order valence-electron chi connectivity index (χ0n) is 14.8. The Balaban J connectivity index is 1.69. The van der Waals surface area contributed by atoms with E-state index < -0.39 is 5.82 Å². The first-order valence-electron chi connectivity index (χ1n) is 8.79. The molecule has 1 saturated heterocycles. The number of amides is 1. The van der Waals surface area contributed by atoms with E-state index in [9.17, 15) is 9.18 Å². The topological polar surface area (TPSA) is 42.4 Å². The number of nitrogens with zero attached hydrogens (tertiary/aromatic N) is 2. The van der Waals surface area contributed by atoms with Crippen LogP contribution in [0.5, 0.6) is 5.88 Å². The van der Waals surface area contributed by atoms with Crippen LogP contribution in [0.2, 0.25) is 0 Å². The first kappa shape index (κ1) is 18.7. The molecule has 4 nitrogen and oxygen atoms in total. The first-order chi connectivity index (χ1) is 12.7. The van der Waals surface area contributed by atoms with E-state index in [4.69, 9.17) is 4.74 Å². The minimum Gasteiger partial charge on any atom is -0.470 e. The Labute approximate surface area is 157 Å². The van der Waals surface area contributed by atoms with E-state index in [0.717, 1.165) is 24.2 Å². The minimum absolute atomic E-state index is 0.00974. The Morgan fingerprint density at radius 2 is 2.15 bits per heavy atom. The molecule has 2 heterocycles. The normalized spacial score (nSPS) is 18.4. The van der Waals surface area contributed by atoms with Crippen molar-refractivity contribution in [1.29, 1.82) is 0 Å². The second-order valence-corrected chi connectivity index (χ2v) is 7.29. The van der Waals surface area contributed by atoms with Crippen LogP contribution in [0.1, 0.15) is 24.3 Å². The molecule has 0 saturated carbocycles. The van der Waals surface area contributed by atoms with Gasteiger partial charge in [-0.15, -0.1) is 0 Å². The lowest BCUT2D eigenvalue weighted by atomic mass is 9.98. The lowest BCUT2D eigenvalue weighted by Crippen LogP contribution is -2.46. The number of carbonyl (C=O) groups excluding carboxylic acids is 1. The van der Waals surface area contributed by atoms with Gasteiger partial charge in [0.05, 0.1) is 12.5 Å². The summed E-state index contributed by atoms with van der Waals surface area (Å²) in [6.07, 6.45) is 4.91. The largest absolute Gasteiger partial charge is 0.470 e. The van der Waals surface area contributed by atoms with Gasteiger partial charge in [0.25, 0.3) is 5.88 Å². The van der Waals surface area contributed by atoms with E-state index >= 15 is 0 Å². The van der Waals surface area contributed by atoms with Crippen LogP contribution in [0, 0.1) is 5.82 Å². The van der Waals surface area contributed by atoms with E-state index in [-0.39, 0.29) is 23.8 Å². The van der Waals surface area contributed by atoms with Crippen molar-refractivity contribution in [2.75, 3.05) is 25.1 Å². The summed E-state index contributed by atoms with van der Waals surface area (Å²) < 4.78 is 19.5. The summed E-state index contributed by atoms with van der Waals surface area (Å²) in [5.74, 6) is 0.215. The minimum atomic E-state index is -0.472. The molecule has 1 aliphatic heterocycles. The molecule has 26 heavy (non-hydrogen) atoms. The molecule has 0 aliphatic carbocycles. The number of ether oxygens (including phenoxy) is 1. The second-order valence-electron chi connectivity index (χ2n) is 6.38. The van der Waals surface area contributed by atoms with Crippen LogP contribution in [-0.4, -0.2) is 47.0 Å². The zero-order chi connectivity index (χ0) is 18.4. The van der Waals surface area contributed by atoms with Crippen molar-refractivity contribution in [1.82, 2.24) is 9.88 Å². The van der Waals surface area contributed by atoms with E-state index in [1.165, 1.54) is 18.3 Å². The van der Waals surface area contributed by atoms with Crippen LogP contribution >= 0.6 is 11.8 Å². The summed E-state index contributed by atoms with van der Waals surface area (Å²) in [6, 6.07) is 12.7. The van der Waals surface area contributed by atoms with E-state index in [1.54, 1.807) is 11.8 Å². The molecule has 0 radical (unpaired) electrons. The van der Waals surface area contributed by atoms with Crippen molar-refractivity contribution in [2.45, 2.75) is 24.9 Å². The maximum absolute atomic E-state index is 13.8. The molecule has 0 bridgehead atoms. The van der Waals surface area contributed by atoms with Gasteiger partial charge in [0.15, 0.2) is 5.82 Å². The number of pyridine rings is 1. The Bertz CT molecular complexity index is 729. The zero-order valence-corrected chi connectivity index (χ0v) is 15.6. The third kappa shape index (κ3) is 4.55. The molecule has 1 amide bonds. The summed E-state index contributed by atoms with van der Waals surface area (Å²) >= 11 is 1.66. The number of piperidine rings is 1. The van der Waals surface area contributed by atoms with Gasteiger partial charge in [-0.25, -0.2) is 9.37 Å². The average Bonchev–Trinajstić information content (AvgIpc) is 2.68. The SMILES string of the molecule is CSC[C@H](C(=O)N1CCC[C@@H](Oc2ncccc2F)C1)c1ccccc1. The van der Waals surface area contributed by atoms with Gasteiger partial charge in [-0.1, -0.05) is 30.3 Å². The molecule has 2 atom stereocenters. The summed E-state index contributed by atoms with van der Waals surface area (Å²) in [5.41, 5.74) is 1.03. The van der Waals surface area contributed by atoms with Gasteiger partial charge in [-0.3, -0.25) is 4.79 Å². The van der Waals surface area contributed by atoms with E-state index in [2.05, 4.69) is 4.98 Å². The standard InChI is InChI=1S/C20H23FN2O2S/c1-26-14-17(15-7-3-2-4-8-15)20(24)23-12-6-9-16(13-23)25-19-18(21)10-5-11-22-19/h2-5,7-8,10-11,16-17H,6,9,12-14H2,1H3/t16-,17+/m1/s1. The molecule has 6 heteroatoms. The van der Waals surface area contributed by atoms with E-state index in [0.29, 0.717) is 13.1 Å². The molecule has 138 valence electrons. The van der Waals surface area contributed by atoms with Gasteiger partial charge in [-0.2, -0.15) is 11.8 Å². The summed E-state index contributed by atoms with van der Waals surface area (Å²) in [6.45, 7) is 1.17. The van der Waals surface area contributed by atoms with E-state index in [1.807, 2.05) is 41.5 Å². The molecule has 1 aromatic heterocycles. The predicted molar refractivity (Wildman–Crippen MR) is 102 cm³/mol. The summed E-state index contributed by atoms with van der Waals surface area (Å²) in [7, 11) is 0. The van der Waals surface area contributed by atoms with Gasteiger partial charge in [-0.05, 0) is 36.8 Å². The molecule has 0 spiro atoms. The highest BCUT2D eigenvalue weighted by Gasteiger charge is 2.30. The van der Waals surface area contributed by atoms with Gasteiger partial charge in [0.1, 0.15) is 6.10 Å². The van der Waals surface area contributed by atoms with Crippen LogP contribution in [0.25, 0.3) is 0 Å². The highest BCUT2D eigenvalue weighted by Crippen LogP contribution is 2.25. The summed E-state index contributed by atoms with van der Waals surface area (Å²) in [4.78, 5) is 18.9. The Morgan fingerprint density at radius 1 is 1.35 bits per heavy atom. The average molecular weight is 374 g/mol. The fourth-order valence-corrected chi connectivity index (χ4v) is 3.90. The fourth-order valence-electron chi connectivity index (χ4n) is 3.23. The number of aromatic nitrogens is 1. The van der Waals surface area contributed by atoms with Crippen molar-refractivity contribution < 1.29 is 13.9 Å². The Hall–Kier alpha value is -2.08. The molecular formula is C20H23FN2O2S. The second kappa shape index (κ2) is 9.03. The van der Waals surface area contributed by atoms with Crippen molar-refractivity contribution >= 4 is 17.7 Å². The number of likely N-dealkylation sites (tertiary alicyclic amines) is 1. The molecule has 0 N–H and O–H groups in total. The van der Waals surface area contributed by atoms with Gasteiger partial charge in [0.2, 0.25) is 5.91 Å². The first-order valence-corrected chi connectivity index (χ1v) is 10.2. The molecular weight excluding hydrogens is 351 g/mol. The number of hydrogen-bond acceptors (Lipinski definition) is 4. The van der Waals surface area contributed by atoms with Crippen molar-refractivity contribution in [3.63, 3.8) is 0 Å². The number of thioether (sulfide) groups is 1. The third-order valence-corrected chi connectivity index (χ3v) is 5.19. The van der Waals surface area contributed by atoms with Gasteiger partial charge < -0.3 is 9.64 Å². The lowest BCUT2D eigenvalue weighted by molar-refractivity contribution is -0.135. The Kier molecular flexibility index (Phi) is 6.50. The van der Waals surface area contributed by atoms with Crippen molar-refractivity contribution in [3.05, 3.63) is 60.0 Å².